The van der Waals surface area contributed by atoms with Gasteiger partial charge in [0.2, 0.25) is 5.13 Å². The second-order valence-electron chi connectivity index (χ2n) is 4.88. The highest BCUT2D eigenvalue weighted by atomic mass is 32.1. The molecule has 0 radical (unpaired) electrons. The van der Waals surface area contributed by atoms with E-state index in [1.54, 1.807) is 36.4 Å². The van der Waals surface area contributed by atoms with E-state index in [0.717, 1.165) is 11.3 Å². The van der Waals surface area contributed by atoms with E-state index in [4.69, 9.17) is 9.47 Å². The van der Waals surface area contributed by atoms with Gasteiger partial charge in [0.25, 0.3) is 5.91 Å². The number of ether oxygens (including phenoxy) is 2. The first kappa shape index (κ1) is 16.8. The van der Waals surface area contributed by atoms with Crippen molar-refractivity contribution in [2.75, 3.05) is 19.5 Å². The highest BCUT2D eigenvalue weighted by Gasteiger charge is 2.20. The van der Waals surface area contributed by atoms with Gasteiger partial charge in [-0.05, 0) is 24.3 Å². The van der Waals surface area contributed by atoms with Crippen LogP contribution in [0, 0.1) is 5.82 Å². The Morgan fingerprint density at radius 1 is 1.04 bits per heavy atom. The number of carbonyl (C=O) groups is 1. The zero-order valence-electron chi connectivity index (χ0n) is 13.4. The minimum atomic E-state index is -0.453. The topological polar surface area (TPSA) is 73.3 Å². The second-order valence-corrected chi connectivity index (χ2v) is 5.86. The molecular weight excluding hydrogens is 345 g/mol. The van der Waals surface area contributed by atoms with E-state index in [1.807, 2.05) is 0 Å². The highest BCUT2D eigenvalue weighted by molar-refractivity contribution is 7.18. The SMILES string of the molecule is COc1cccc(OC)c1C(=O)Nc1nnc(-c2ccccc2F)s1. The molecule has 25 heavy (non-hydrogen) atoms. The summed E-state index contributed by atoms with van der Waals surface area (Å²) >= 11 is 1.07. The Labute approximate surface area is 147 Å². The van der Waals surface area contributed by atoms with Crippen LogP contribution in [0.15, 0.2) is 42.5 Å². The van der Waals surface area contributed by atoms with E-state index in [-0.39, 0.29) is 10.7 Å². The fourth-order valence-corrected chi connectivity index (χ4v) is 3.02. The first-order chi connectivity index (χ1) is 12.1. The molecule has 1 heterocycles. The van der Waals surface area contributed by atoms with Gasteiger partial charge in [-0.3, -0.25) is 10.1 Å². The minimum absolute atomic E-state index is 0.246. The zero-order valence-corrected chi connectivity index (χ0v) is 14.3. The van der Waals surface area contributed by atoms with Crippen molar-refractivity contribution in [1.82, 2.24) is 10.2 Å². The predicted molar refractivity (Wildman–Crippen MR) is 92.8 cm³/mol. The smallest absolute Gasteiger partial charge is 0.265 e. The maximum Gasteiger partial charge on any atom is 0.265 e. The summed E-state index contributed by atoms with van der Waals surface area (Å²) in [6.45, 7) is 0. The molecule has 6 nitrogen and oxygen atoms in total. The molecule has 0 saturated heterocycles. The molecule has 8 heteroatoms. The lowest BCUT2D eigenvalue weighted by atomic mass is 10.1. The van der Waals surface area contributed by atoms with Crippen LogP contribution in [0.5, 0.6) is 11.5 Å². The number of benzene rings is 2. The van der Waals surface area contributed by atoms with Gasteiger partial charge in [-0.15, -0.1) is 10.2 Å². The Hall–Kier alpha value is -3.00. The van der Waals surface area contributed by atoms with Crippen molar-refractivity contribution in [2.45, 2.75) is 0 Å². The molecule has 0 spiro atoms. The van der Waals surface area contributed by atoms with Gasteiger partial charge in [0, 0.05) is 5.56 Å². The van der Waals surface area contributed by atoms with Crippen LogP contribution in [0.1, 0.15) is 10.4 Å². The molecule has 0 saturated carbocycles. The number of halogens is 1. The minimum Gasteiger partial charge on any atom is -0.496 e. The number of methoxy groups -OCH3 is 2. The fourth-order valence-electron chi connectivity index (χ4n) is 2.25. The largest absolute Gasteiger partial charge is 0.496 e. The van der Waals surface area contributed by atoms with E-state index in [0.29, 0.717) is 22.1 Å². The monoisotopic (exact) mass is 359 g/mol. The number of hydrogen-bond acceptors (Lipinski definition) is 6. The van der Waals surface area contributed by atoms with Gasteiger partial charge >= 0.3 is 0 Å². The van der Waals surface area contributed by atoms with Crippen LogP contribution < -0.4 is 14.8 Å². The number of carbonyl (C=O) groups excluding carboxylic acids is 1. The summed E-state index contributed by atoms with van der Waals surface area (Å²) in [6.07, 6.45) is 0. The van der Waals surface area contributed by atoms with Gasteiger partial charge in [-0.1, -0.05) is 29.5 Å². The quantitative estimate of drug-likeness (QED) is 0.753. The first-order valence-electron chi connectivity index (χ1n) is 7.24. The molecule has 0 aliphatic heterocycles. The maximum absolute atomic E-state index is 13.8. The molecule has 128 valence electrons. The van der Waals surface area contributed by atoms with Gasteiger partial charge < -0.3 is 9.47 Å². The number of rotatable bonds is 5. The molecule has 3 rings (SSSR count). The molecule has 1 aromatic heterocycles. The Balaban J connectivity index is 1.87. The molecule has 3 aromatic rings. The van der Waals surface area contributed by atoms with Crippen molar-refractivity contribution < 1.29 is 18.7 Å². The highest BCUT2D eigenvalue weighted by Crippen LogP contribution is 2.31. The van der Waals surface area contributed by atoms with Crippen molar-refractivity contribution in [2.24, 2.45) is 0 Å². The Morgan fingerprint density at radius 3 is 2.36 bits per heavy atom. The lowest BCUT2D eigenvalue weighted by Crippen LogP contribution is -2.14. The van der Waals surface area contributed by atoms with Crippen LogP contribution in [0.25, 0.3) is 10.6 Å². The van der Waals surface area contributed by atoms with Crippen molar-refractivity contribution in [3.63, 3.8) is 0 Å². The maximum atomic E-state index is 13.8. The van der Waals surface area contributed by atoms with Gasteiger partial charge in [0.15, 0.2) is 5.01 Å². The van der Waals surface area contributed by atoms with Crippen LogP contribution >= 0.6 is 11.3 Å². The summed E-state index contributed by atoms with van der Waals surface area (Å²) < 4.78 is 24.3. The third kappa shape index (κ3) is 3.43. The summed E-state index contributed by atoms with van der Waals surface area (Å²) in [4.78, 5) is 12.6. The van der Waals surface area contributed by atoms with Crippen molar-refractivity contribution in [3.8, 4) is 22.1 Å². The number of aromatic nitrogens is 2. The molecule has 0 fully saturated rings. The standard InChI is InChI=1S/C17H14FN3O3S/c1-23-12-8-5-9-13(24-2)14(12)15(22)19-17-21-20-16(25-17)10-6-3-4-7-11(10)18/h3-9H,1-2H3,(H,19,21,22). The van der Waals surface area contributed by atoms with Crippen LogP contribution in [-0.2, 0) is 0 Å². The number of anilines is 1. The number of nitrogens with one attached hydrogen (secondary N) is 1. The van der Waals surface area contributed by atoms with Crippen molar-refractivity contribution >= 4 is 22.4 Å². The van der Waals surface area contributed by atoms with Crippen LogP contribution in [0.4, 0.5) is 9.52 Å². The first-order valence-corrected chi connectivity index (χ1v) is 8.06. The summed E-state index contributed by atoms with van der Waals surface area (Å²) in [6, 6.07) is 11.3. The average molecular weight is 359 g/mol. The van der Waals surface area contributed by atoms with Gasteiger partial charge in [0.1, 0.15) is 22.9 Å². The summed E-state index contributed by atoms with van der Waals surface area (Å²) in [7, 11) is 2.93. The summed E-state index contributed by atoms with van der Waals surface area (Å²) in [5.41, 5.74) is 0.575. The Kier molecular flexibility index (Phi) is 4.90. The molecular formula is C17H14FN3O3S. The molecule has 1 N–H and O–H groups in total. The Bertz CT molecular complexity index is 891. The molecule has 0 bridgehead atoms. The third-order valence-electron chi connectivity index (χ3n) is 3.40. The number of amides is 1. The van der Waals surface area contributed by atoms with E-state index in [9.17, 15) is 9.18 Å². The second kappa shape index (κ2) is 7.27. The lowest BCUT2D eigenvalue weighted by molar-refractivity contribution is 0.102. The number of nitrogens with zero attached hydrogens (tertiary/aromatic N) is 2. The van der Waals surface area contributed by atoms with E-state index in [2.05, 4.69) is 15.5 Å². The molecule has 0 unspecified atom stereocenters. The predicted octanol–water partition coefficient (Wildman–Crippen LogP) is 3.61. The average Bonchev–Trinajstić information content (AvgIpc) is 3.09. The molecule has 0 aliphatic rings. The lowest BCUT2D eigenvalue weighted by Gasteiger charge is -2.11. The van der Waals surface area contributed by atoms with E-state index >= 15 is 0 Å². The van der Waals surface area contributed by atoms with E-state index in [1.165, 1.54) is 20.3 Å². The molecule has 1 amide bonds. The normalized spacial score (nSPS) is 10.4. The fraction of sp³-hybridized carbons (Fsp3) is 0.118. The molecule has 0 aliphatic carbocycles. The number of hydrogen-bond donors (Lipinski definition) is 1. The molecule has 0 atom stereocenters. The van der Waals surface area contributed by atoms with Gasteiger partial charge in [-0.25, -0.2) is 4.39 Å². The van der Waals surface area contributed by atoms with Crippen LogP contribution in [-0.4, -0.2) is 30.3 Å². The van der Waals surface area contributed by atoms with Crippen molar-refractivity contribution in [1.29, 1.82) is 0 Å². The zero-order chi connectivity index (χ0) is 17.8. The summed E-state index contributed by atoms with van der Waals surface area (Å²) in [5, 5.41) is 11.1. The van der Waals surface area contributed by atoms with Crippen molar-refractivity contribution in [3.05, 3.63) is 53.8 Å². The third-order valence-corrected chi connectivity index (χ3v) is 4.28. The van der Waals surface area contributed by atoms with Gasteiger partial charge in [0.05, 0.1) is 14.2 Å². The van der Waals surface area contributed by atoms with Crippen LogP contribution in [0.2, 0.25) is 0 Å². The van der Waals surface area contributed by atoms with Crippen LogP contribution in [0.3, 0.4) is 0 Å². The molecule has 2 aromatic carbocycles. The van der Waals surface area contributed by atoms with Gasteiger partial charge in [-0.2, -0.15) is 0 Å². The summed E-state index contributed by atoms with van der Waals surface area (Å²) in [5.74, 6) is -0.111. The Morgan fingerprint density at radius 2 is 1.72 bits per heavy atom. The van der Waals surface area contributed by atoms with E-state index < -0.39 is 11.7 Å².